The third-order valence-corrected chi connectivity index (χ3v) is 14.2. The predicted octanol–water partition coefficient (Wildman–Crippen LogP) is 9.69. The van der Waals surface area contributed by atoms with E-state index in [9.17, 15) is 43.5 Å². The molecule has 386 valence electrons. The highest BCUT2D eigenvalue weighted by Gasteiger charge is 2.46. The maximum atomic E-state index is 12.8. The van der Waals surface area contributed by atoms with Crippen molar-refractivity contribution in [1.29, 1.82) is 0 Å². The van der Waals surface area contributed by atoms with E-state index >= 15 is 0 Å². The number of nitrogens with two attached hydrogens (primary N) is 1. The van der Waals surface area contributed by atoms with Crippen LogP contribution in [0.5, 0.6) is 0 Å². The lowest BCUT2D eigenvalue weighted by Crippen LogP contribution is -2.36. The molecular weight excluding hydrogens is 908 g/mol. The molecule has 0 aromatic carbocycles. The van der Waals surface area contributed by atoms with Gasteiger partial charge >= 0.3 is 33.3 Å². The van der Waals surface area contributed by atoms with Crippen LogP contribution in [0.25, 0.3) is 0 Å². The van der Waals surface area contributed by atoms with Crippen molar-refractivity contribution in [2.24, 2.45) is 5.92 Å². The number of rotatable bonds is 40. The summed E-state index contributed by atoms with van der Waals surface area (Å²) in [5.41, 5.74) is 4.59. The number of aliphatic hydroxyl groups is 2. The van der Waals surface area contributed by atoms with Gasteiger partial charge in [0.1, 0.15) is 30.7 Å². The fraction of sp³-hybridized carbons (Fsp3) is 0.787. The fourth-order valence-corrected chi connectivity index (χ4v) is 9.45. The molecule has 67 heavy (non-hydrogen) atoms. The monoisotopic (exact) mass is 992 g/mol. The largest absolute Gasteiger partial charge is 0.481 e. The van der Waals surface area contributed by atoms with E-state index in [4.69, 9.17) is 29.0 Å². The Hall–Kier alpha value is -2.76. The summed E-state index contributed by atoms with van der Waals surface area (Å²) >= 11 is 0. The second-order valence-electron chi connectivity index (χ2n) is 17.6. The van der Waals surface area contributed by atoms with Gasteiger partial charge in [0.15, 0.2) is 12.3 Å². The molecule has 0 spiro atoms. The molecular formula is C47H83N3O15P2. The van der Waals surface area contributed by atoms with Gasteiger partial charge in [-0.15, -0.1) is 0 Å². The Balaban J connectivity index is 1.82. The Morgan fingerprint density at radius 1 is 0.776 bits per heavy atom. The lowest BCUT2D eigenvalue weighted by atomic mass is 9.99. The van der Waals surface area contributed by atoms with E-state index in [-0.39, 0.29) is 18.7 Å². The summed E-state index contributed by atoms with van der Waals surface area (Å²) in [7, 11) is -10.8. The highest BCUT2D eigenvalue weighted by molar-refractivity contribution is 7.61. The molecule has 2 heterocycles. The smallest absolute Gasteiger partial charge is 0.462 e. The minimum Gasteiger partial charge on any atom is -0.462 e. The Bertz CT molecular complexity index is 1730. The number of nitrogen functional groups attached to an aromatic ring is 1. The van der Waals surface area contributed by atoms with Crippen molar-refractivity contribution in [2.45, 2.75) is 212 Å². The number of hydrogen-bond donors (Lipinski definition) is 5. The molecule has 1 aromatic rings. The van der Waals surface area contributed by atoms with Crippen molar-refractivity contribution in [3.05, 3.63) is 47.1 Å². The Kier molecular flexibility index (Phi) is 31.9. The minimum atomic E-state index is -5.42. The van der Waals surface area contributed by atoms with Gasteiger partial charge in [-0.3, -0.25) is 23.2 Å². The molecule has 1 aromatic heterocycles. The van der Waals surface area contributed by atoms with Crippen LogP contribution in [0.3, 0.4) is 0 Å². The average molecular weight is 992 g/mol. The van der Waals surface area contributed by atoms with E-state index in [1.807, 2.05) is 0 Å². The van der Waals surface area contributed by atoms with Crippen LogP contribution in [0, 0.1) is 5.92 Å². The van der Waals surface area contributed by atoms with Crippen LogP contribution in [0.2, 0.25) is 0 Å². The average Bonchev–Trinajstić information content (AvgIpc) is 3.56. The van der Waals surface area contributed by atoms with Gasteiger partial charge in [-0.25, -0.2) is 13.9 Å². The third kappa shape index (κ3) is 28.5. The predicted molar refractivity (Wildman–Crippen MR) is 257 cm³/mol. The zero-order chi connectivity index (χ0) is 49.3. The summed E-state index contributed by atoms with van der Waals surface area (Å²) in [5.74, 6) is -0.510. The number of phosphoric acid groups is 2. The van der Waals surface area contributed by atoms with Crippen molar-refractivity contribution in [2.75, 3.05) is 25.6 Å². The van der Waals surface area contributed by atoms with Gasteiger partial charge in [0.2, 0.25) is 0 Å². The van der Waals surface area contributed by atoms with Crippen molar-refractivity contribution in [3.8, 4) is 0 Å². The molecule has 1 fully saturated rings. The Morgan fingerprint density at radius 3 is 1.90 bits per heavy atom. The maximum Gasteiger partial charge on any atom is 0.481 e. The minimum absolute atomic E-state index is 0.0489. The number of esters is 2. The molecule has 20 heteroatoms. The lowest BCUT2D eigenvalue weighted by Gasteiger charge is -2.21. The fourth-order valence-electron chi connectivity index (χ4n) is 7.34. The third-order valence-electron chi connectivity index (χ3n) is 11.6. The van der Waals surface area contributed by atoms with E-state index in [0.717, 1.165) is 80.9 Å². The summed E-state index contributed by atoms with van der Waals surface area (Å²) < 4.78 is 56.7. The second kappa shape index (κ2) is 35.4. The van der Waals surface area contributed by atoms with Crippen molar-refractivity contribution in [3.63, 3.8) is 0 Å². The zero-order valence-electron chi connectivity index (χ0n) is 40.4. The van der Waals surface area contributed by atoms with Crippen LogP contribution < -0.4 is 11.4 Å². The first kappa shape index (κ1) is 60.4. The molecule has 0 saturated carbocycles. The number of unbranched alkanes of at least 4 members (excludes halogenated alkanes) is 18. The molecule has 4 unspecified atom stereocenters. The molecule has 18 nitrogen and oxygen atoms in total. The topological polar surface area (TPSA) is 265 Å². The molecule has 0 bridgehead atoms. The Morgan fingerprint density at radius 2 is 1.31 bits per heavy atom. The summed E-state index contributed by atoms with van der Waals surface area (Å²) in [6, 6.07) is 1.25. The van der Waals surface area contributed by atoms with Crippen LogP contribution >= 0.6 is 15.6 Å². The number of phosphoric ester groups is 2. The summed E-state index contributed by atoms with van der Waals surface area (Å²) in [5, 5.41) is 20.9. The van der Waals surface area contributed by atoms with Crippen LogP contribution in [-0.4, -0.2) is 85.7 Å². The first-order valence-corrected chi connectivity index (χ1v) is 27.8. The molecule has 1 saturated heterocycles. The number of carbonyl (C=O) groups excluding carboxylic acids is 2. The first-order valence-electron chi connectivity index (χ1n) is 24.8. The number of anilines is 1. The summed E-state index contributed by atoms with van der Waals surface area (Å²) in [6.45, 7) is 4.44. The maximum absolute atomic E-state index is 12.8. The number of aliphatic hydroxyl groups excluding tert-OH is 2. The molecule has 0 radical (unpaired) electrons. The molecule has 0 aliphatic carbocycles. The van der Waals surface area contributed by atoms with E-state index in [0.29, 0.717) is 12.8 Å². The van der Waals surface area contributed by atoms with Crippen LogP contribution in [-0.2, 0) is 46.3 Å². The van der Waals surface area contributed by atoms with Crippen molar-refractivity contribution in [1.82, 2.24) is 9.55 Å². The normalized spacial score (nSPS) is 20.2. The number of aromatic nitrogens is 2. The molecule has 1 aliphatic rings. The van der Waals surface area contributed by atoms with Gasteiger partial charge in [0, 0.05) is 19.0 Å². The van der Waals surface area contributed by atoms with Gasteiger partial charge in [0.25, 0.3) is 0 Å². The van der Waals surface area contributed by atoms with E-state index in [1.54, 1.807) is 0 Å². The van der Waals surface area contributed by atoms with E-state index < -0.39 is 83.7 Å². The van der Waals surface area contributed by atoms with Gasteiger partial charge in [-0.05, 0) is 50.5 Å². The van der Waals surface area contributed by atoms with Gasteiger partial charge in [0.05, 0.1) is 13.2 Å². The van der Waals surface area contributed by atoms with Gasteiger partial charge in [-0.2, -0.15) is 9.29 Å². The number of nitrogens with zero attached hydrogens (tertiary/aromatic N) is 2. The second-order valence-corrected chi connectivity index (χ2v) is 20.6. The summed E-state index contributed by atoms with van der Waals surface area (Å²) in [6.07, 6.45) is 26.9. The standard InChI is InChI=1S/C47H83N3O15P2/c1-4-6-7-8-9-10-11-12-13-14-15-19-22-25-28-31-42(51)60-35-39(63-43(52)32-29-26-23-20-17-16-18-21-24-27-30-38(3)5-2)36-61-66(56,57)65-67(58,59)62-37-40-44(53)45(54)46(64-40)50-34-33-41(48)49-47(50)55/h10-13,33-34,38-40,44-46,53-54H,4-9,14-32,35-37H2,1-3H3,(H,56,57)(H,58,59)(H2,48,49,55)/b11-10-,13-12-/t38?,39-,40-,44+,45?,46-/m1/s1. The van der Waals surface area contributed by atoms with Crippen LogP contribution in [0.15, 0.2) is 41.4 Å². The molecule has 2 rings (SSSR count). The van der Waals surface area contributed by atoms with Crippen molar-refractivity contribution >= 4 is 33.4 Å². The van der Waals surface area contributed by atoms with Gasteiger partial charge in [-0.1, -0.05) is 154 Å². The SMILES string of the molecule is CCCCCC/C=C\C=C/CCCCCCCC(=O)OC[C@H](COP(=O)(O)OP(=O)(O)OC[C@H]1O[C@@H](n2ccc(N)nc2=O)C(O)[C@H]1O)OC(=O)CCCCCCCCCCCCC(C)CC. The van der Waals surface area contributed by atoms with E-state index in [1.165, 1.54) is 76.7 Å². The lowest BCUT2D eigenvalue weighted by molar-refractivity contribution is -0.161. The molecule has 0 amide bonds. The molecule has 1 aliphatic heterocycles. The van der Waals surface area contributed by atoms with Crippen LogP contribution in [0.1, 0.15) is 188 Å². The molecule has 8 atom stereocenters. The summed E-state index contributed by atoms with van der Waals surface area (Å²) in [4.78, 5) is 61.8. The first-order chi connectivity index (χ1) is 32.1. The highest BCUT2D eigenvalue weighted by Crippen LogP contribution is 2.60. The quantitative estimate of drug-likeness (QED) is 0.0177. The zero-order valence-corrected chi connectivity index (χ0v) is 42.2. The number of ether oxygens (including phenoxy) is 3. The number of carbonyl (C=O) groups is 2. The van der Waals surface area contributed by atoms with E-state index in [2.05, 4.69) is 54.4 Å². The van der Waals surface area contributed by atoms with Gasteiger partial charge < -0.3 is 39.9 Å². The van der Waals surface area contributed by atoms with Crippen molar-refractivity contribution < 1.29 is 66.3 Å². The Labute approximate surface area is 398 Å². The number of allylic oxidation sites excluding steroid dienone is 4. The highest BCUT2D eigenvalue weighted by atomic mass is 31.3. The van der Waals surface area contributed by atoms with Crippen LogP contribution in [0.4, 0.5) is 5.82 Å². The number of hydrogen-bond acceptors (Lipinski definition) is 15. The molecule has 6 N–H and O–H groups in total.